The van der Waals surface area contributed by atoms with Crippen LogP contribution in [0.3, 0.4) is 0 Å². The van der Waals surface area contributed by atoms with E-state index in [1.54, 1.807) is 6.20 Å². The molecule has 3 heteroatoms. The Morgan fingerprint density at radius 2 is 2.50 bits per heavy atom. The summed E-state index contributed by atoms with van der Waals surface area (Å²) in [4.78, 5) is 4.13. The molecule has 0 aromatic carbocycles. The van der Waals surface area contributed by atoms with Gasteiger partial charge in [-0.15, -0.1) is 0 Å². The van der Waals surface area contributed by atoms with Crippen molar-refractivity contribution in [3.8, 4) is 0 Å². The van der Waals surface area contributed by atoms with Gasteiger partial charge in [0.2, 0.25) is 0 Å². The fourth-order valence-electron chi connectivity index (χ4n) is 1.62. The van der Waals surface area contributed by atoms with Gasteiger partial charge < -0.3 is 10.4 Å². The van der Waals surface area contributed by atoms with Gasteiger partial charge in [-0.05, 0) is 30.2 Å². The largest absolute Gasteiger partial charge is 0.390 e. The van der Waals surface area contributed by atoms with Crippen LogP contribution in [0.2, 0.25) is 0 Å². The highest BCUT2D eigenvalue weighted by Crippen LogP contribution is 2.15. The normalized spacial score (nSPS) is 15.8. The Hall–Kier alpha value is -0.930. The Labute approximate surface area is 71.4 Å². The minimum atomic E-state index is 0.0587. The summed E-state index contributed by atoms with van der Waals surface area (Å²) >= 11 is 0. The maximum Gasteiger partial charge on any atom is 0.0855 e. The summed E-state index contributed by atoms with van der Waals surface area (Å²) in [6.45, 7) is 1.96. The number of pyridine rings is 1. The molecular formula is C9H12N2O. The molecule has 2 heterocycles. The minimum absolute atomic E-state index is 0.0587. The third kappa shape index (κ3) is 1.21. The van der Waals surface area contributed by atoms with Gasteiger partial charge >= 0.3 is 0 Å². The smallest absolute Gasteiger partial charge is 0.0855 e. The second kappa shape index (κ2) is 3.21. The second-order valence-corrected chi connectivity index (χ2v) is 2.98. The van der Waals surface area contributed by atoms with Crippen LogP contribution in [-0.4, -0.2) is 16.6 Å². The molecule has 0 spiro atoms. The van der Waals surface area contributed by atoms with Crippen LogP contribution in [0.5, 0.6) is 0 Å². The predicted octanol–water partition coefficient (Wildman–Crippen LogP) is 0.220. The monoisotopic (exact) mass is 164 g/mol. The van der Waals surface area contributed by atoms with Crippen LogP contribution in [0, 0.1) is 0 Å². The van der Waals surface area contributed by atoms with Crippen molar-refractivity contribution in [2.75, 3.05) is 6.54 Å². The van der Waals surface area contributed by atoms with Crippen molar-refractivity contribution in [1.29, 1.82) is 0 Å². The van der Waals surface area contributed by atoms with Gasteiger partial charge in [-0.2, -0.15) is 0 Å². The number of aromatic nitrogens is 1. The standard InChI is InChI=1S/C9H12N2O/c12-6-9-8-2-3-10-5-7(8)1-4-11-9/h1,4,10,12H,2-3,5-6H2. The molecule has 1 aliphatic heterocycles. The van der Waals surface area contributed by atoms with Gasteiger partial charge in [-0.1, -0.05) is 0 Å². The van der Waals surface area contributed by atoms with Crippen LogP contribution >= 0.6 is 0 Å². The Morgan fingerprint density at radius 3 is 3.33 bits per heavy atom. The van der Waals surface area contributed by atoms with Crippen molar-refractivity contribution < 1.29 is 5.11 Å². The Morgan fingerprint density at radius 1 is 1.58 bits per heavy atom. The molecular weight excluding hydrogens is 152 g/mol. The van der Waals surface area contributed by atoms with Gasteiger partial charge in [0.25, 0.3) is 0 Å². The average Bonchev–Trinajstić information content (AvgIpc) is 2.17. The van der Waals surface area contributed by atoms with Gasteiger partial charge in [0, 0.05) is 12.7 Å². The van der Waals surface area contributed by atoms with Crippen molar-refractivity contribution in [1.82, 2.24) is 10.3 Å². The lowest BCUT2D eigenvalue weighted by Crippen LogP contribution is -2.25. The molecule has 1 aromatic rings. The van der Waals surface area contributed by atoms with Crippen molar-refractivity contribution in [3.05, 3.63) is 29.1 Å². The first-order valence-electron chi connectivity index (χ1n) is 4.19. The first-order chi connectivity index (χ1) is 5.92. The number of rotatable bonds is 1. The summed E-state index contributed by atoms with van der Waals surface area (Å²) in [6, 6.07) is 2.01. The van der Waals surface area contributed by atoms with Gasteiger partial charge in [0.05, 0.1) is 12.3 Å². The zero-order valence-corrected chi connectivity index (χ0v) is 6.88. The number of hydrogen-bond acceptors (Lipinski definition) is 3. The Kier molecular flexibility index (Phi) is 2.06. The van der Waals surface area contributed by atoms with Gasteiger partial charge in [-0.3, -0.25) is 4.98 Å². The molecule has 0 saturated heterocycles. The average molecular weight is 164 g/mol. The zero-order valence-electron chi connectivity index (χ0n) is 6.88. The number of fused-ring (bicyclic) bond motifs is 1. The molecule has 2 N–H and O–H groups in total. The topological polar surface area (TPSA) is 45.2 Å². The Bertz CT molecular complexity index is 272. The molecule has 12 heavy (non-hydrogen) atoms. The van der Waals surface area contributed by atoms with Crippen LogP contribution in [0.25, 0.3) is 0 Å². The highest BCUT2D eigenvalue weighted by atomic mass is 16.3. The van der Waals surface area contributed by atoms with E-state index in [9.17, 15) is 0 Å². The molecule has 64 valence electrons. The number of hydrogen-bond donors (Lipinski definition) is 2. The molecule has 2 rings (SSSR count). The van der Waals surface area contributed by atoms with Gasteiger partial charge in [0.15, 0.2) is 0 Å². The number of nitrogens with one attached hydrogen (secondary N) is 1. The SMILES string of the molecule is OCc1nccc2c1CCNC2. The molecule has 1 aliphatic rings. The van der Waals surface area contributed by atoms with Crippen LogP contribution < -0.4 is 5.32 Å². The molecule has 0 atom stereocenters. The van der Waals surface area contributed by atoms with E-state index < -0.39 is 0 Å². The van der Waals surface area contributed by atoms with E-state index in [0.29, 0.717) is 0 Å². The highest BCUT2D eigenvalue weighted by molar-refractivity contribution is 5.31. The highest BCUT2D eigenvalue weighted by Gasteiger charge is 2.11. The molecule has 1 aromatic heterocycles. The third-order valence-corrected chi connectivity index (χ3v) is 2.26. The van der Waals surface area contributed by atoms with Crippen LogP contribution in [0.4, 0.5) is 0 Å². The van der Waals surface area contributed by atoms with E-state index in [4.69, 9.17) is 5.11 Å². The quantitative estimate of drug-likeness (QED) is 0.624. The second-order valence-electron chi connectivity index (χ2n) is 2.98. The van der Waals surface area contributed by atoms with Gasteiger partial charge in [0.1, 0.15) is 0 Å². The summed E-state index contributed by atoms with van der Waals surface area (Å²) in [5.74, 6) is 0. The zero-order chi connectivity index (χ0) is 8.39. The van der Waals surface area contributed by atoms with Crippen LogP contribution in [0.1, 0.15) is 16.8 Å². The first-order valence-corrected chi connectivity index (χ1v) is 4.19. The van der Waals surface area contributed by atoms with Gasteiger partial charge in [-0.25, -0.2) is 0 Å². The molecule has 0 bridgehead atoms. The Balaban J connectivity index is 2.44. The fourth-order valence-corrected chi connectivity index (χ4v) is 1.62. The number of aliphatic hydroxyl groups is 1. The maximum absolute atomic E-state index is 9.01. The molecule has 0 fully saturated rings. The van der Waals surface area contributed by atoms with E-state index >= 15 is 0 Å². The lowest BCUT2D eigenvalue weighted by molar-refractivity contribution is 0.275. The van der Waals surface area contributed by atoms with Crippen LogP contribution in [0.15, 0.2) is 12.3 Å². The van der Waals surface area contributed by atoms with Crippen LogP contribution in [-0.2, 0) is 19.6 Å². The minimum Gasteiger partial charge on any atom is -0.390 e. The summed E-state index contributed by atoms with van der Waals surface area (Å²) in [6.07, 6.45) is 2.75. The maximum atomic E-state index is 9.01. The fraction of sp³-hybridized carbons (Fsp3) is 0.444. The summed E-state index contributed by atoms with van der Waals surface area (Å²) in [5.41, 5.74) is 3.35. The van der Waals surface area contributed by atoms with Crippen molar-refractivity contribution >= 4 is 0 Å². The molecule has 0 amide bonds. The van der Waals surface area contributed by atoms with E-state index in [1.165, 1.54) is 11.1 Å². The molecule has 0 saturated carbocycles. The van der Waals surface area contributed by atoms with Crippen molar-refractivity contribution in [2.24, 2.45) is 0 Å². The van der Waals surface area contributed by atoms with E-state index in [0.717, 1.165) is 25.2 Å². The van der Waals surface area contributed by atoms with Crippen molar-refractivity contribution in [2.45, 2.75) is 19.6 Å². The first kappa shape index (κ1) is 7.71. The lowest BCUT2D eigenvalue weighted by atomic mass is 10.0. The van der Waals surface area contributed by atoms with E-state index in [2.05, 4.69) is 10.3 Å². The summed E-state index contributed by atoms with van der Waals surface area (Å²) in [7, 11) is 0. The molecule has 3 nitrogen and oxygen atoms in total. The van der Waals surface area contributed by atoms with E-state index in [-0.39, 0.29) is 6.61 Å². The van der Waals surface area contributed by atoms with E-state index in [1.807, 2.05) is 6.07 Å². The predicted molar refractivity (Wildman–Crippen MR) is 45.6 cm³/mol. The molecule has 0 unspecified atom stereocenters. The third-order valence-electron chi connectivity index (χ3n) is 2.26. The number of nitrogens with zero attached hydrogens (tertiary/aromatic N) is 1. The van der Waals surface area contributed by atoms with Crippen molar-refractivity contribution in [3.63, 3.8) is 0 Å². The summed E-state index contributed by atoms with van der Waals surface area (Å²) < 4.78 is 0. The number of aliphatic hydroxyl groups excluding tert-OH is 1. The molecule has 0 aliphatic carbocycles. The summed E-state index contributed by atoms with van der Waals surface area (Å²) in [5, 5.41) is 12.3. The lowest BCUT2D eigenvalue weighted by Gasteiger charge is -2.18. The molecule has 0 radical (unpaired) electrons.